The zero-order valence-corrected chi connectivity index (χ0v) is 9.85. The van der Waals surface area contributed by atoms with E-state index in [2.05, 4.69) is 27.3 Å². The van der Waals surface area contributed by atoms with Crippen molar-refractivity contribution >= 4 is 0 Å². The van der Waals surface area contributed by atoms with E-state index in [1.165, 1.54) is 19.2 Å². The van der Waals surface area contributed by atoms with Gasteiger partial charge in [-0.05, 0) is 38.4 Å². The molecule has 90 valence electrons. The Morgan fingerprint density at radius 1 is 1.62 bits per heavy atom. The van der Waals surface area contributed by atoms with E-state index >= 15 is 0 Å². The molecular weight excluding hydrogens is 204 g/mol. The lowest BCUT2D eigenvalue weighted by molar-refractivity contribution is 0.298. The maximum Gasteiger partial charge on any atom is 0.213 e. The molecule has 5 heteroatoms. The van der Waals surface area contributed by atoms with Crippen LogP contribution < -0.4 is 5.32 Å². The minimum Gasteiger partial charge on any atom is -0.343 e. The molecule has 0 saturated carbocycles. The topological polar surface area (TPSA) is 54.2 Å². The highest BCUT2D eigenvalue weighted by Gasteiger charge is 2.22. The summed E-state index contributed by atoms with van der Waals surface area (Å²) in [5.74, 6) is 1.57. The van der Waals surface area contributed by atoms with Crippen molar-refractivity contribution in [2.24, 2.45) is 5.92 Å². The van der Waals surface area contributed by atoms with E-state index in [1.807, 2.05) is 0 Å². The first kappa shape index (κ1) is 11.5. The summed E-state index contributed by atoms with van der Waals surface area (Å²) in [5.41, 5.74) is 0. The lowest BCUT2D eigenvalue weighted by atomic mass is 10.1. The van der Waals surface area contributed by atoms with Gasteiger partial charge in [-0.15, -0.1) is 0 Å². The average Bonchev–Trinajstić information content (AvgIpc) is 2.91. The molecule has 1 atom stereocenters. The highest BCUT2D eigenvalue weighted by atomic mass is 16.5. The molecule has 1 N–H and O–H groups in total. The van der Waals surface area contributed by atoms with Crippen molar-refractivity contribution < 1.29 is 4.52 Å². The van der Waals surface area contributed by atoms with Crippen molar-refractivity contribution in [2.75, 3.05) is 26.2 Å². The molecular formula is C11H20N4O. The van der Waals surface area contributed by atoms with Gasteiger partial charge in [0.25, 0.3) is 0 Å². The zero-order chi connectivity index (χ0) is 11.2. The highest BCUT2D eigenvalue weighted by Crippen LogP contribution is 2.16. The van der Waals surface area contributed by atoms with Crippen LogP contribution in [-0.2, 0) is 6.54 Å². The Morgan fingerprint density at radius 2 is 2.56 bits per heavy atom. The van der Waals surface area contributed by atoms with Crippen LogP contribution in [0.2, 0.25) is 0 Å². The fourth-order valence-corrected chi connectivity index (χ4v) is 2.17. The van der Waals surface area contributed by atoms with E-state index in [0.29, 0.717) is 0 Å². The minimum atomic E-state index is 0.776. The number of likely N-dealkylation sites (tertiary alicyclic amines) is 1. The summed E-state index contributed by atoms with van der Waals surface area (Å²) < 4.78 is 4.73. The Labute approximate surface area is 96.2 Å². The van der Waals surface area contributed by atoms with Crippen molar-refractivity contribution in [2.45, 2.75) is 26.3 Å². The van der Waals surface area contributed by atoms with E-state index in [1.54, 1.807) is 0 Å². The Morgan fingerprint density at radius 3 is 3.31 bits per heavy atom. The van der Waals surface area contributed by atoms with Crippen molar-refractivity contribution in [3.8, 4) is 0 Å². The molecule has 0 radical (unpaired) electrons. The first-order valence-electron chi connectivity index (χ1n) is 6.06. The second-order valence-corrected chi connectivity index (χ2v) is 4.44. The molecule has 1 aromatic rings. The average molecular weight is 224 g/mol. The van der Waals surface area contributed by atoms with Crippen LogP contribution in [0.4, 0.5) is 0 Å². The van der Waals surface area contributed by atoms with Crippen molar-refractivity contribution in [3.05, 3.63) is 12.2 Å². The molecule has 1 aliphatic rings. The van der Waals surface area contributed by atoms with Crippen LogP contribution in [0.25, 0.3) is 0 Å². The standard InChI is InChI=1S/C11H20N4O/c1-2-4-12-6-10-3-5-15(7-10)8-11-13-9-16-14-11/h9-10,12H,2-8H2,1H3. The summed E-state index contributed by atoms with van der Waals surface area (Å²) in [6.07, 6.45) is 3.87. The van der Waals surface area contributed by atoms with Gasteiger partial charge in [0.2, 0.25) is 6.39 Å². The van der Waals surface area contributed by atoms with E-state index in [9.17, 15) is 0 Å². The molecule has 2 heterocycles. The molecule has 0 aliphatic carbocycles. The molecule has 1 aromatic heterocycles. The largest absolute Gasteiger partial charge is 0.343 e. The number of rotatable bonds is 6. The van der Waals surface area contributed by atoms with Gasteiger partial charge >= 0.3 is 0 Å². The fourth-order valence-electron chi connectivity index (χ4n) is 2.17. The Balaban J connectivity index is 1.67. The summed E-state index contributed by atoms with van der Waals surface area (Å²) in [6.45, 7) is 7.57. The van der Waals surface area contributed by atoms with E-state index in [-0.39, 0.29) is 0 Å². The van der Waals surface area contributed by atoms with Crippen LogP contribution in [0.15, 0.2) is 10.9 Å². The monoisotopic (exact) mass is 224 g/mol. The molecule has 0 aromatic carbocycles. The quantitative estimate of drug-likeness (QED) is 0.727. The van der Waals surface area contributed by atoms with Crippen molar-refractivity contribution in [3.63, 3.8) is 0 Å². The summed E-state index contributed by atoms with van der Waals surface area (Å²) in [4.78, 5) is 6.44. The van der Waals surface area contributed by atoms with Crippen LogP contribution in [0.5, 0.6) is 0 Å². The molecule has 1 fully saturated rings. The van der Waals surface area contributed by atoms with E-state index < -0.39 is 0 Å². The van der Waals surface area contributed by atoms with Gasteiger partial charge in [0.1, 0.15) is 0 Å². The lowest BCUT2D eigenvalue weighted by Gasteiger charge is -2.13. The Bertz CT molecular complexity index is 288. The van der Waals surface area contributed by atoms with Crippen LogP contribution in [0.3, 0.4) is 0 Å². The normalized spacial score (nSPS) is 21.7. The molecule has 2 rings (SSSR count). The lowest BCUT2D eigenvalue weighted by Crippen LogP contribution is -2.27. The second kappa shape index (κ2) is 5.96. The van der Waals surface area contributed by atoms with Gasteiger partial charge in [-0.3, -0.25) is 4.90 Å². The van der Waals surface area contributed by atoms with Gasteiger partial charge in [-0.25, -0.2) is 0 Å². The van der Waals surface area contributed by atoms with Crippen LogP contribution >= 0.6 is 0 Å². The fraction of sp³-hybridized carbons (Fsp3) is 0.818. The first-order valence-corrected chi connectivity index (χ1v) is 6.06. The molecule has 0 amide bonds. The van der Waals surface area contributed by atoms with Gasteiger partial charge in [0, 0.05) is 6.54 Å². The number of hydrogen-bond acceptors (Lipinski definition) is 5. The maximum absolute atomic E-state index is 4.73. The third-order valence-corrected chi connectivity index (χ3v) is 3.00. The summed E-state index contributed by atoms with van der Waals surface area (Å²) in [5, 5.41) is 7.32. The third-order valence-electron chi connectivity index (χ3n) is 3.00. The van der Waals surface area contributed by atoms with Gasteiger partial charge in [0.15, 0.2) is 5.82 Å². The molecule has 0 bridgehead atoms. The second-order valence-electron chi connectivity index (χ2n) is 4.44. The molecule has 5 nitrogen and oxygen atoms in total. The summed E-state index contributed by atoms with van der Waals surface area (Å²) in [7, 11) is 0. The summed E-state index contributed by atoms with van der Waals surface area (Å²) >= 11 is 0. The molecule has 16 heavy (non-hydrogen) atoms. The number of hydrogen-bond donors (Lipinski definition) is 1. The predicted molar refractivity (Wildman–Crippen MR) is 60.8 cm³/mol. The number of nitrogens with zero attached hydrogens (tertiary/aromatic N) is 3. The van der Waals surface area contributed by atoms with Crippen molar-refractivity contribution in [1.82, 2.24) is 20.4 Å². The predicted octanol–water partition coefficient (Wildman–Crippen LogP) is 0.891. The Kier molecular flexibility index (Phi) is 4.30. The maximum atomic E-state index is 4.73. The molecule has 1 saturated heterocycles. The van der Waals surface area contributed by atoms with Crippen LogP contribution in [-0.4, -0.2) is 41.2 Å². The van der Waals surface area contributed by atoms with Gasteiger partial charge in [0.05, 0.1) is 6.54 Å². The Hall–Kier alpha value is -0.940. The van der Waals surface area contributed by atoms with Crippen LogP contribution in [0.1, 0.15) is 25.6 Å². The summed E-state index contributed by atoms with van der Waals surface area (Å²) in [6, 6.07) is 0. The van der Waals surface area contributed by atoms with Crippen molar-refractivity contribution in [1.29, 1.82) is 0 Å². The van der Waals surface area contributed by atoms with Gasteiger partial charge in [-0.1, -0.05) is 12.1 Å². The van der Waals surface area contributed by atoms with Gasteiger partial charge < -0.3 is 9.84 Å². The smallest absolute Gasteiger partial charge is 0.213 e. The zero-order valence-electron chi connectivity index (χ0n) is 9.85. The van der Waals surface area contributed by atoms with Gasteiger partial charge in [-0.2, -0.15) is 4.98 Å². The number of aromatic nitrogens is 2. The molecule has 1 aliphatic heterocycles. The first-order chi connectivity index (χ1) is 7.88. The SMILES string of the molecule is CCCNCC1CCN(Cc2ncon2)C1. The molecule has 1 unspecified atom stereocenters. The van der Waals surface area contributed by atoms with Crippen LogP contribution in [0, 0.1) is 5.92 Å². The molecule has 0 spiro atoms. The van der Waals surface area contributed by atoms with E-state index in [4.69, 9.17) is 4.52 Å². The van der Waals surface area contributed by atoms with E-state index in [0.717, 1.165) is 44.5 Å². The minimum absolute atomic E-state index is 0.776. The number of nitrogens with one attached hydrogen (secondary N) is 1. The third kappa shape index (κ3) is 3.28. The highest BCUT2D eigenvalue weighted by molar-refractivity contribution is 4.83.